The van der Waals surface area contributed by atoms with Gasteiger partial charge in [0.15, 0.2) is 0 Å². The van der Waals surface area contributed by atoms with Crippen LogP contribution < -0.4 is 5.32 Å². The van der Waals surface area contributed by atoms with E-state index >= 15 is 0 Å². The van der Waals surface area contributed by atoms with E-state index in [1.165, 1.54) is 12.1 Å². The summed E-state index contributed by atoms with van der Waals surface area (Å²) < 4.78 is 1.78. The largest absolute Gasteiger partial charge is 0.347 e. The first-order valence-corrected chi connectivity index (χ1v) is 8.63. The SMILES string of the molecule is Cc1nc(C)c([C@H](C)NC(=O)Cn2ccc3cc([N+](=O)[O-])ccc32)s1. The Kier molecular flexibility index (Phi) is 4.54. The number of nitrogens with zero attached hydrogens (tertiary/aromatic N) is 3. The molecule has 0 bridgehead atoms. The number of carbonyl (C=O) groups excluding carboxylic acids is 1. The van der Waals surface area contributed by atoms with Gasteiger partial charge in [0.05, 0.1) is 21.7 Å². The van der Waals surface area contributed by atoms with Gasteiger partial charge in [-0.25, -0.2) is 4.98 Å². The molecule has 0 aliphatic rings. The van der Waals surface area contributed by atoms with E-state index in [1.807, 2.05) is 20.8 Å². The lowest BCUT2D eigenvalue weighted by Gasteiger charge is -2.13. The van der Waals surface area contributed by atoms with Gasteiger partial charge in [-0.15, -0.1) is 11.3 Å². The Bertz CT molecular complexity index is 960. The Labute approximate surface area is 148 Å². The second-order valence-electron chi connectivity index (χ2n) is 5.92. The molecule has 0 saturated heterocycles. The molecule has 1 atom stereocenters. The highest BCUT2D eigenvalue weighted by Crippen LogP contribution is 2.25. The van der Waals surface area contributed by atoms with Crippen LogP contribution in [0.4, 0.5) is 5.69 Å². The van der Waals surface area contributed by atoms with E-state index in [2.05, 4.69) is 10.3 Å². The topological polar surface area (TPSA) is 90.1 Å². The standard InChI is InChI=1S/C17H18N4O3S/c1-10-17(25-12(3)18-10)11(2)19-16(22)9-20-7-6-13-8-14(21(23)24)4-5-15(13)20/h4-8,11H,9H2,1-3H3,(H,19,22)/t11-/m0/s1. The van der Waals surface area contributed by atoms with Crippen LogP contribution in [-0.2, 0) is 11.3 Å². The van der Waals surface area contributed by atoms with E-state index in [1.54, 1.807) is 34.2 Å². The van der Waals surface area contributed by atoms with Crippen molar-refractivity contribution in [3.63, 3.8) is 0 Å². The summed E-state index contributed by atoms with van der Waals surface area (Å²) in [6.45, 7) is 5.98. The summed E-state index contributed by atoms with van der Waals surface area (Å²) in [7, 11) is 0. The second kappa shape index (κ2) is 6.64. The molecule has 3 aromatic rings. The van der Waals surface area contributed by atoms with Gasteiger partial charge in [0.2, 0.25) is 5.91 Å². The fourth-order valence-electron chi connectivity index (χ4n) is 2.90. The maximum atomic E-state index is 12.4. The van der Waals surface area contributed by atoms with Crippen LogP contribution in [0.3, 0.4) is 0 Å². The normalized spacial score (nSPS) is 12.3. The minimum atomic E-state index is -0.426. The quantitative estimate of drug-likeness (QED) is 0.558. The third kappa shape index (κ3) is 3.53. The Hall–Kier alpha value is -2.74. The molecule has 0 aliphatic carbocycles. The highest BCUT2D eigenvalue weighted by Gasteiger charge is 2.16. The highest BCUT2D eigenvalue weighted by molar-refractivity contribution is 7.11. The van der Waals surface area contributed by atoms with Crippen molar-refractivity contribution in [2.24, 2.45) is 0 Å². The summed E-state index contributed by atoms with van der Waals surface area (Å²) in [4.78, 5) is 28.2. The zero-order valence-corrected chi connectivity index (χ0v) is 15.0. The van der Waals surface area contributed by atoms with Gasteiger partial charge in [-0.05, 0) is 32.9 Å². The number of carbonyl (C=O) groups is 1. The van der Waals surface area contributed by atoms with Crippen molar-refractivity contribution in [2.45, 2.75) is 33.4 Å². The molecule has 1 aromatic carbocycles. The van der Waals surface area contributed by atoms with Crippen molar-refractivity contribution in [3.8, 4) is 0 Å². The summed E-state index contributed by atoms with van der Waals surface area (Å²) in [5.41, 5.74) is 1.77. The van der Waals surface area contributed by atoms with E-state index in [0.717, 1.165) is 26.5 Å². The first kappa shape index (κ1) is 17.1. The Morgan fingerprint density at radius 2 is 2.16 bits per heavy atom. The first-order valence-electron chi connectivity index (χ1n) is 7.81. The molecular weight excluding hydrogens is 340 g/mol. The maximum Gasteiger partial charge on any atom is 0.270 e. The Morgan fingerprint density at radius 1 is 1.40 bits per heavy atom. The van der Waals surface area contributed by atoms with Crippen molar-refractivity contribution >= 4 is 33.8 Å². The van der Waals surface area contributed by atoms with E-state index < -0.39 is 4.92 Å². The number of hydrogen-bond acceptors (Lipinski definition) is 5. The predicted molar refractivity (Wildman–Crippen MR) is 96.7 cm³/mol. The lowest BCUT2D eigenvalue weighted by atomic mass is 10.2. The molecular formula is C17H18N4O3S. The van der Waals surface area contributed by atoms with Gasteiger partial charge in [-0.1, -0.05) is 0 Å². The highest BCUT2D eigenvalue weighted by atomic mass is 32.1. The van der Waals surface area contributed by atoms with Crippen LogP contribution in [-0.4, -0.2) is 20.4 Å². The third-order valence-corrected chi connectivity index (χ3v) is 5.25. The van der Waals surface area contributed by atoms with E-state index in [4.69, 9.17) is 0 Å². The fourth-order valence-corrected chi connectivity index (χ4v) is 3.83. The summed E-state index contributed by atoms with van der Waals surface area (Å²) in [6.07, 6.45) is 1.76. The first-order chi connectivity index (χ1) is 11.8. The van der Waals surface area contributed by atoms with Crippen LogP contribution in [0.5, 0.6) is 0 Å². The van der Waals surface area contributed by atoms with Gasteiger partial charge in [0.25, 0.3) is 5.69 Å². The summed E-state index contributed by atoms with van der Waals surface area (Å²) in [5, 5.41) is 15.5. The number of nitro groups is 1. The zero-order valence-electron chi connectivity index (χ0n) is 14.1. The predicted octanol–water partition coefficient (Wildman–Crippen LogP) is 3.50. The average molecular weight is 358 g/mol. The number of hydrogen-bond donors (Lipinski definition) is 1. The second-order valence-corrected chi connectivity index (χ2v) is 7.15. The minimum absolute atomic E-state index is 0.0411. The van der Waals surface area contributed by atoms with Gasteiger partial charge >= 0.3 is 0 Å². The van der Waals surface area contributed by atoms with Gasteiger partial charge in [-0.3, -0.25) is 14.9 Å². The molecule has 3 rings (SSSR count). The number of fused-ring (bicyclic) bond motifs is 1. The number of amides is 1. The number of thiazole rings is 1. The number of benzene rings is 1. The Morgan fingerprint density at radius 3 is 2.80 bits per heavy atom. The molecule has 0 unspecified atom stereocenters. The van der Waals surface area contributed by atoms with Crippen LogP contribution in [0.25, 0.3) is 10.9 Å². The van der Waals surface area contributed by atoms with Crippen molar-refractivity contribution in [3.05, 3.63) is 56.2 Å². The lowest BCUT2D eigenvalue weighted by Crippen LogP contribution is -2.29. The number of rotatable bonds is 5. The van der Waals surface area contributed by atoms with Crippen LogP contribution in [0.2, 0.25) is 0 Å². The van der Waals surface area contributed by atoms with Crippen molar-refractivity contribution in [1.82, 2.24) is 14.9 Å². The Balaban J connectivity index is 1.73. The molecule has 0 radical (unpaired) electrons. The van der Waals surface area contributed by atoms with Gasteiger partial charge < -0.3 is 9.88 Å². The van der Waals surface area contributed by atoms with E-state index in [-0.39, 0.29) is 24.2 Å². The zero-order chi connectivity index (χ0) is 18.1. The number of aromatic nitrogens is 2. The average Bonchev–Trinajstić information content (AvgIpc) is 3.09. The molecule has 0 aliphatic heterocycles. The van der Waals surface area contributed by atoms with Crippen LogP contribution in [0.15, 0.2) is 30.5 Å². The number of nitrogens with one attached hydrogen (secondary N) is 1. The number of non-ortho nitro benzene ring substituents is 1. The fraction of sp³-hybridized carbons (Fsp3) is 0.294. The van der Waals surface area contributed by atoms with Crippen molar-refractivity contribution in [1.29, 1.82) is 0 Å². The lowest BCUT2D eigenvalue weighted by molar-refractivity contribution is -0.384. The molecule has 25 heavy (non-hydrogen) atoms. The third-order valence-electron chi connectivity index (χ3n) is 3.99. The molecule has 0 fully saturated rings. The summed E-state index contributed by atoms with van der Waals surface area (Å²) >= 11 is 1.58. The van der Waals surface area contributed by atoms with Crippen LogP contribution >= 0.6 is 11.3 Å². The molecule has 7 nitrogen and oxygen atoms in total. The maximum absolute atomic E-state index is 12.4. The molecule has 130 valence electrons. The smallest absolute Gasteiger partial charge is 0.270 e. The molecule has 0 spiro atoms. The number of nitro benzene ring substituents is 1. The van der Waals surface area contributed by atoms with Crippen molar-refractivity contribution in [2.75, 3.05) is 0 Å². The molecule has 1 amide bonds. The minimum Gasteiger partial charge on any atom is -0.347 e. The molecule has 8 heteroatoms. The van der Waals surface area contributed by atoms with E-state index in [0.29, 0.717) is 0 Å². The molecule has 2 aromatic heterocycles. The van der Waals surface area contributed by atoms with Gasteiger partial charge in [0.1, 0.15) is 6.54 Å². The monoisotopic (exact) mass is 358 g/mol. The van der Waals surface area contributed by atoms with E-state index in [9.17, 15) is 14.9 Å². The van der Waals surface area contributed by atoms with Crippen LogP contribution in [0.1, 0.15) is 28.5 Å². The molecule has 2 heterocycles. The molecule has 0 saturated carbocycles. The summed E-state index contributed by atoms with van der Waals surface area (Å²) in [5.74, 6) is -0.117. The van der Waals surface area contributed by atoms with Gasteiger partial charge in [-0.2, -0.15) is 0 Å². The molecule has 1 N–H and O–H groups in total. The van der Waals surface area contributed by atoms with Crippen LogP contribution in [0, 0.1) is 24.0 Å². The number of aryl methyl sites for hydroxylation is 2. The van der Waals surface area contributed by atoms with Gasteiger partial charge in [0, 0.05) is 34.1 Å². The summed E-state index contributed by atoms with van der Waals surface area (Å²) in [6, 6.07) is 6.29. The van der Waals surface area contributed by atoms with Crippen molar-refractivity contribution < 1.29 is 9.72 Å².